The smallest absolute Gasteiger partial charge is 0.309 e. The fourth-order valence-electron chi connectivity index (χ4n) is 2.33. The summed E-state index contributed by atoms with van der Waals surface area (Å²) in [5.74, 6) is -0.349. The van der Waals surface area contributed by atoms with E-state index in [9.17, 15) is 17.6 Å². The molecule has 5 heteroatoms. The standard InChI is InChI=1S/C16H15F4N/c1-10-9-12(16(18,19)20)5-8-14(10)15(21-2)11-3-6-13(17)7-4-11/h3-9,15,21H,1-2H3. The number of benzene rings is 2. The van der Waals surface area contributed by atoms with Crippen LogP contribution in [0.5, 0.6) is 0 Å². The Kier molecular flexibility index (Phi) is 4.32. The van der Waals surface area contributed by atoms with E-state index < -0.39 is 11.7 Å². The van der Waals surface area contributed by atoms with E-state index in [4.69, 9.17) is 0 Å². The van der Waals surface area contributed by atoms with Gasteiger partial charge in [-0.2, -0.15) is 13.2 Å². The molecule has 0 amide bonds. The molecular formula is C16H15F4N. The van der Waals surface area contributed by atoms with E-state index >= 15 is 0 Å². The maximum absolute atomic E-state index is 13.0. The minimum Gasteiger partial charge on any atom is -0.309 e. The monoisotopic (exact) mass is 297 g/mol. The summed E-state index contributed by atoms with van der Waals surface area (Å²) in [6.45, 7) is 1.64. The van der Waals surface area contributed by atoms with Gasteiger partial charge in [0.2, 0.25) is 0 Å². The molecule has 2 rings (SSSR count). The second kappa shape index (κ2) is 5.85. The lowest BCUT2D eigenvalue weighted by Crippen LogP contribution is -2.19. The van der Waals surface area contributed by atoms with E-state index in [1.807, 2.05) is 0 Å². The molecule has 1 atom stereocenters. The van der Waals surface area contributed by atoms with E-state index in [0.717, 1.165) is 23.3 Å². The highest BCUT2D eigenvalue weighted by Gasteiger charge is 2.31. The number of nitrogens with one attached hydrogen (secondary N) is 1. The second-order valence-corrected chi connectivity index (χ2v) is 4.84. The third kappa shape index (κ3) is 3.42. The molecule has 2 aromatic carbocycles. The van der Waals surface area contributed by atoms with Crippen molar-refractivity contribution in [2.24, 2.45) is 0 Å². The minimum atomic E-state index is -4.35. The molecule has 1 N–H and O–H groups in total. The summed E-state index contributed by atoms with van der Waals surface area (Å²) in [7, 11) is 1.71. The maximum Gasteiger partial charge on any atom is 0.416 e. The largest absolute Gasteiger partial charge is 0.416 e. The molecular weight excluding hydrogens is 282 g/mol. The van der Waals surface area contributed by atoms with Crippen molar-refractivity contribution < 1.29 is 17.6 Å². The van der Waals surface area contributed by atoms with Crippen LogP contribution in [0.15, 0.2) is 42.5 Å². The Morgan fingerprint density at radius 1 is 1.00 bits per heavy atom. The van der Waals surface area contributed by atoms with Gasteiger partial charge in [0.05, 0.1) is 11.6 Å². The molecule has 1 nitrogen and oxygen atoms in total. The lowest BCUT2D eigenvalue weighted by atomic mass is 9.93. The molecule has 0 saturated heterocycles. The number of rotatable bonds is 3. The maximum atomic E-state index is 13.0. The van der Waals surface area contributed by atoms with Crippen molar-refractivity contribution in [3.05, 3.63) is 70.5 Å². The van der Waals surface area contributed by atoms with Crippen LogP contribution >= 0.6 is 0 Å². The van der Waals surface area contributed by atoms with Crippen molar-refractivity contribution >= 4 is 0 Å². The molecule has 0 aliphatic heterocycles. The lowest BCUT2D eigenvalue weighted by molar-refractivity contribution is -0.137. The highest BCUT2D eigenvalue weighted by atomic mass is 19.4. The summed E-state index contributed by atoms with van der Waals surface area (Å²) >= 11 is 0. The third-order valence-corrected chi connectivity index (χ3v) is 3.40. The first-order chi connectivity index (χ1) is 9.82. The Morgan fingerprint density at radius 3 is 2.10 bits per heavy atom. The van der Waals surface area contributed by atoms with Gasteiger partial charge in [0, 0.05) is 0 Å². The van der Waals surface area contributed by atoms with Crippen LogP contribution in [0.4, 0.5) is 17.6 Å². The van der Waals surface area contributed by atoms with Gasteiger partial charge in [-0.25, -0.2) is 4.39 Å². The summed E-state index contributed by atoms with van der Waals surface area (Å²) in [5.41, 5.74) is 1.39. The molecule has 0 fully saturated rings. The summed E-state index contributed by atoms with van der Waals surface area (Å²) in [6, 6.07) is 9.27. The fourth-order valence-corrected chi connectivity index (χ4v) is 2.33. The number of halogens is 4. The van der Waals surface area contributed by atoms with Gasteiger partial charge in [0.25, 0.3) is 0 Å². The van der Waals surface area contributed by atoms with Crippen LogP contribution in [0.2, 0.25) is 0 Å². The van der Waals surface area contributed by atoms with E-state index in [1.165, 1.54) is 18.2 Å². The first-order valence-corrected chi connectivity index (χ1v) is 6.43. The number of hydrogen-bond donors (Lipinski definition) is 1. The van der Waals surface area contributed by atoms with Crippen LogP contribution in [0, 0.1) is 12.7 Å². The van der Waals surface area contributed by atoms with Crippen LogP contribution in [0.1, 0.15) is 28.3 Å². The average Bonchev–Trinajstić information content (AvgIpc) is 2.42. The van der Waals surface area contributed by atoms with Crippen molar-refractivity contribution in [1.82, 2.24) is 5.32 Å². The van der Waals surface area contributed by atoms with E-state index in [1.54, 1.807) is 26.1 Å². The van der Waals surface area contributed by atoms with Gasteiger partial charge in [-0.05, 0) is 54.9 Å². The van der Waals surface area contributed by atoms with Crippen molar-refractivity contribution in [3.8, 4) is 0 Å². The normalized spacial score (nSPS) is 13.2. The Bertz CT molecular complexity index is 617. The first-order valence-electron chi connectivity index (χ1n) is 6.43. The van der Waals surface area contributed by atoms with Crippen molar-refractivity contribution in [3.63, 3.8) is 0 Å². The molecule has 112 valence electrons. The molecule has 0 aliphatic carbocycles. The van der Waals surface area contributed by atoms with Gasteiger partial charge in [-0.15, -0.1) is 0 Å². The molecule has 0 aliphatic rings. The summed E-state index contributed by atoms with van der Waals surface area (Å²) < 4.78 is 51.1. The fraction of sp³-hybridized carbons (Fsp3) is 0.250. The van der Waals surface area contributed by atoms with Crippen LogP contribution in [-0.2, 0) is 6.18 Å². The molecule has 0 aromatic heterocycles. The van der Waals surface area contributed by atoms with E-state index in [0.29, 0.717) is 5.56 Å². The molecule has 2 aromatic rings. The molecule has 0 spiro atoms. The van der Waals surface area contributed by atoms with Crippen LogP contribution < -0.4 is 5.32 Å². The molecule has 0 radical (unpaired) electrons. The summed E-state index contributed by atoms with van der Waals surface area (Å²) in [4.78, 5) is 0. The Hall–Kier alpha value is -1.88. The SMILES string of the molecule is CNC(c1ccc(F)cc1)c1ccc(C(F)(F)F)cc1C. The van der Waals surface area contributed by atoms with Gasteiger partial charge < -0.3 is 5.32 Å². The number of aryl methyl sites for hydroxylation is 1. The van der Waals surface area contributed by atoms with Crippen molar-refractivity contribution in [1.29, 1.82) is 0 Å². The van der Waals surface area contributed by atoms with Crippen LogP contribution in [0.3, 0.4) is 0 Å². The highest BCUT2D eigenvalue weighted by molar-refractivity contribution is 5.39. The topological polar surface area (TPSA) is 12.0 Å². The molecule has 0 saturated carbocycles. The lowest BCUT2D eigenvalue weighted by Gasteiger charge is -2.20. The molecule has 0 heterocycles. The highest BCUT2D eigenvalue weighted by Crippen LogP contribution is 2.33. The zero-order chi connectivity index (χ0) is 15.6. The number of hydrogen-bond acceptors (Lipinski definition) is 1. The van der Waals surface area contributed by atoms with Crippen molar-refractivity contribution in [2.75, 3.05) is 7.05 Å². The summed E-state index contributed by atoms with van der Waals surface area (Å²) in [5, 5.41) is 3.05. The second-order valence-electron chi connectivity index (χ2n) is 4.84. The predicted molar refractivity (Wildman–Crippen MR) is 73.5 cm³/mol. The van der Waals surface area contributed by atoms with Gasteiger partial charge in [0.15, 0.2) is 0 Å². The molecule has 1 unspecified atom stereocenters. The Labute approximate surface area is 120 Å². The van der Waals surface area contributed by atoms with Gasteiger partial charge in [-0.3, -0.25) is 0 Å². The van der Waals surface area contributed by atoms with Crippen LogP contribution in [-0.4, -0.2) is 7.05 Å². The Morgan fingerprint density at radius 2 is 1.62 bits per heavy atom. The zero-order valence-electron chi connectivity index (χ0n) is 11.6. The summed E-state index contributed by atoms with van der Waals surface area (Å²) in [6.07, 6.45) is -4.35. The molecule has 0 bridgehead atoms. The third-order valence-electron chi connectivity index (χ3n) is 3.40. The molecule has 21 heavy (non-hydrogen) atoms. The van der Waals surface area contributed by atoms with Crippen molar-refractivity contribution in [2.45, 2.75) is 19.1 Å². The predicted octanol–water partition coefficient (Wildman–Crippen LogP) is 4.46. The first kappa shape index (κ1) is 15.5. The Balaban J connectivity index is 2.41. The van der Waals surface area contributed by atoms with Gasteiger partial charge >= 0.3 is 6.18 Å². The van der Waals surface area contributed by atoms with E-state index in [2.05, 4.69) is 5.32 Å². The number of alkyl halides is 3. The average molecular weight is 297 g/mol. The quantitative estimate of drug-likeness (QED) is 0.825. The van der Waals surface area contributed by atoms with E-state index in [-0.39, 0.29) is 11.9 Å². The van der Waals surface area contributed by atoms with Gasteiger partial charge in [0.1, 0.15) is 5.82 Å². The van der Waals surface area contributed by atoms with Crippen LogP contribution in [0.25, 0.3) is 0 Å². The minimum absolute atomic E-state index is 0.284. The van der Waals surface area contributed by atoms with Gasteiger partial charge in [-0.1, -0.05) is 18.2 Å². The zero-order valence-corrected chi connectivity index (χ0v) is 11.6.